The van der Waals surface area contributed by atoms with Gasteiger partial charge in [0.15, 0.2) is 0 Å². The van der Waals surface area contributed by atoms with Crippen molar-refractivity contribution < 1.29 is 14.3 Å². The monoisotopic (exact) mass is 426 g/mol. The maximum Gasteiger partial charge on any atom is 0.410 e. The lowest BCUT2D eigenvalue weighted by atomic mass is 9.84. The van der Waals surface area contributed by atoms with Crippen molar-refractivity contribution >= 4 is 39.3 Å². The first-order valence-electron chi connectivity index (χ1n) is 9.10. The maximum absolute atomic E-state index is 12.6. The Balaban J connectivity index is 1.36. The molecule has 0 unspecified atom stereocenters. The first-order valence-corrected chi connectivity index (χ1v) is 10.8. The average molecular weight is 427 g/mol. The smallest absolute Gasteiger partial charge is 0.410 e. The Kier molecular flexibility index (Phi) is 4.79. The summed E-state index contributed by atoms with van der Waals surface area (Å²) in [5, 5.41) is 1.92. The van der Waals surface area contributed by atoms with Crippen LogP contribution in [0.5, 0.6) is 0 Å². The molecule has 1 aromatic heterocycles. The van der Waals surface area contributed by atoms with Crippen LogP contribution in [0, 0.1) is 0 Å². The molecule has 0 aromatic carbocycles. The van der Waals surface area contributed by atoms with Crippen LogP contribution in [0.3, 0.4) is 0 Å². The molecule has 3 fully saturated rings. The van der Waals surface area contributed by atoms with Crippen LogP contribution >= 0.6 is 27.3 Å². The van der Waals surface area contributed by atoms with E-state index in [9.17, 15) is 9.59 Å². The Morgan fingerprint density at radius 2 is 1.96 bits per heavy atom. The molecular formula is C18H23BrN2O3S. The van der Waals surface area contributed by atoms with E-state index >= 15 is 0 Å². The van der Waals surface area contributed by atoms with Gasteiger partial charge in [-0.15, -0.1) is 11.3 Å². The fourth-order valence-corrected chi connectivity index (χ4v) is 5.86. The summed E-state index contributed by atoms with van der Waals surface area (Å²) in [6.07, 6.45) is 7.08. The van der Waals surface area contributed by atoms with E-state index in [1.54, 1.807) is 0 Å². The van der Waals surface area contributed by atoms with E-state index in [4.69, 9.17) is 4.74 Å². The number of thiophene rings is 1. The van der Waals surface area contributed by atoms with Gasteiger partial charge in [-0.3, -0.25) is 4.79 Å². The number of rotatable bonds is 2. The largest absolute Gasteiger partial charge is 0.441 e. The highest BCUT2D eigenvalue weighted by molar-refractivity contribution is 9.10. The topological polar surface area (TPSA) is 49.9 Å². The fourth-order valence-electron chi connectivity index (χ4n) is 4.36. The van der Waals surface area contributed by atoms with Crippen LogP contribution in [0.1, 0.15) is 54.6 Å². The molecule has 0 radical (unpaired) electrons. The second-order valence-corrected chi connectivity index (χ2v) is 9.13. The number of likely N-dealkylation sites (tertiary alicyclic amines) is 1. The van der Waals surface area contributed by atoms with E-state index in [1.165, 1.54) is 17.8 Å². The van der Waals surface area contributed by atoms with Gasteiger partial charge in [0.1, 0.15) is 10.5 Å². The Morgan fingerprint density at radius 3 is 2.60 bits per heavy atom. The van der Waals surface area contributed by atoms with Crippen LogP contribution in [-0.2, 0) is 4.74 Å². The van der Waals surface area contributed by atoms with E-state index in [0.29, 0.717) is 13.1 Å². The summed E-state index contributed by atoms with van der Waals surface area (Å²) in [5.74, 6) is 0.0908. The van der Waals surface area contributed by atoms with Gasteiger partial charge in [0, 0.05) is 23.6 Å². The highest BCUT2D eigenvalue weighted by Gasteiger charge is 2.48. The van der Waals surface area contributed by atoms with Crippen molar-refractivity contribution in [1.82, 2.24) is 9.80 Å². The molecule has 136 valence electrons. The summed E-state index contributed by atoms with van der Waals surface area (Å²) in [4.78, 5) is 29.6. The lowest BCUT2D eigenvalue weighted by Crippen LogP contribution is -2.48. The van der Waals surface area contributed by atoms with Crippen LogP contribution in [0.2, 0.25) is 0 Å². The minimum atomic E-state index is -0.232. The van der Waals surface area contributed by atoms with Crippen molar-refractivity contribution in [2.24, 2.45) is 0 Å². The minimum absolute atomic E-state index is 0.0908. The second kappa shape index (κ2) is 6.91. The summed E-state index contributed by atoms with van der Waals surface area (Å²) < 4.78 is 6.67. The molecule has 2 aliphatic heterocycles. The number of amides is 2. The van der Waals surface area contributed by atoms with Gasteiger partial charge in [-0.25, -0.2) is 4.79 Å². The number of hydrogen-bond acceptors (Lipinski definition) is 4. The average Bonchev–Trinajstić information content (AvgIpc) is 3.18. The Morgan fingerprint density at radius 1 is 1.24 bits per heavy atom. The standard InChI is InChI=1S/C18H23BrN2O3S/c19-14-6-11-25-15(14)16(22)20-9-4-13(5-10-20)21-12-18(24-17(21)23)7-2-1-3-8-18/h6,11,13H,1-5,7-10,12H2. The summed E-state index contributed by atoms with van der Waals surface area (Å²) in [6.45, 7) is 2.14. The van der Waals surface area contributed by atoms with Crippen molar-refractivity contribution in [3.63, 3.8) is 0 Å². The SMILES string of the molecule is O=C(c1sccc1Br)N1CCC(N2CC3(CCCCC3)OC2=O)CC1. The quantitative estimate of drug-likeness (QED) is 0.709. The maximum atomic E-state index is 12.6. The molecule has 1 saturated carbocycles. The van der Waals surface area contributed by atoms with Crippen molar-refractivity contribution in [2.75, 3.05) is 19.6 Å². The molecule has 2 saturated heterocycles. The van der Waals surface area contributed by atoms with E-state index in [2.05, 4.69) is 15.9 Å². The number of halogens is 1. The summed E-state index contributed by atoms with van der Waals surface area (Å²) >= 11 is 4.91. The molecule has 5 nitrogen and oxygen atoms in total. The molecule has 1 aromatic rings. The van der Waals surface area contributed by atoms with E-state index in [0.717, 1.165) is 54.4 Å². The van der Waals surface area contributed by atoms with E-state index < -0.39 is 0 Å². The Bertz CT molecular complexity index is 663. The molecule has 4 rings (SSSR count). The van der Waals surface area contributed by atoms with Crippen molar-refractivity contribution in [1.29, 1.82) is 0 Å². The van der Waals surface area contributed by atoms with Gasteiger partial charge in [-0.05, 0) is 65.9 Å². The van der Waals surface area contributed by atoms with Crippen LogP contribution in [0.25, 0.3) is 0 Å². The van der Waals surface area contributed by atoms with Gasteiger partial charge in [0.05, 0.1) is 6.54 Å². The number of hydrogen-bond donors (Lipinski definition) is 0. The van der Waals surface area contributed by atoms with Crippen molar-refractivity contribution in [3.8, 4) is 0 Å². The molecule has 7 heteroatoms. The van der Waals surface area contributed by atoms with Crippen LogP contribution in [-0.4, -0.2) is 53.1 Å². The van der Waals surface area contributed by atoms with Gasteiger partial charge in [-0.2, -0.15) is 0 Å². The van der Waals surface area contributed by atoms with Gasteiger partial charge in [-0.1, -0.05) is 6.42 Å². The van der Waals surface area contributed by atoms with Gasteiger partial charge < -0.3 is 14.5 Å². The number of carbonyl (C=O) groups excluding carboxylic acids is 2. The lowest BCUT2D eigenvalue weighted by molar-refractivity contribution is 0.0259. The number of nitrogens with zero attached hydrogens (tertiary/aromatic N) is 2. The number of carbonyl (C=O) groups is 2. The van der Waals surface area contributed by atoms with Crippen LogP contribution < -0.4 is 0 Å². The second-order valence-electron chi connectivity index (χ2n) is 7.36. The predicted octanol–water partition coefficient (Wildman–Crippen LogP) is 4.27. The summed E-state index contributed by atoms with van der Waals surface area (Å²) in [5.41, 5.74) is -0.232. The van der Waals surface area contributed by atoms with E-state index in [1.807, 2.05) is 21.2 Å². The third-order valence-electron chi connectivity index (χ3n) is 5.77. The van der Waals surface area contributed by atoms with Crippen molar-refractivity contribution in [3.05, 3.63) is 20.8 Å². The lowest BCUT2D eigenvalue weighted by Gasteiger charge is -2.36. The molecule has 3 aliphatic rings. The highest BCUT2D eigenvalue weighted by Crippen LogP contribution is 2.39. The normalized spacial score (nSPS) is 24.0. The highest BCUT2D eigenvalue weighted by atomic mass is 79.9. The Labute approximate surface area is 160 Å². The van der Waals surface area contributed by atoms with Gasteiger partial charge in [0.25, 0.3) is 5.91 Å². The molecule has 1 spiro atoms. The van der Waals surface area contributed by atoms with Crippen molar-refractivity contribution in [2.45, 2.75) is 56.6 Å². The zero-order valence-corrected chi connectivity index (χ0v) is 16.6. The first-order chi connectivity index (χ1) is 12.1. The van der Waals surface area contributed by atoms with Gasteiger partial charge >= 0.3 is 6.09 Å². The zero-order valence-electron chi connectivity index (χ0n) is 14.2. The third kappa shape index (κ3) is 3.33. The molecule has 1 aliphatic carbocycles. The fraction of sp³-hybridized carbons (Fsp3) is 0.667. The summed E-state index contributed by atoms with van der Waals surface area (Å²) in [6, 6.07) is 2.11. The molecule has 3 heterocycles. The molecule has 0 bridgehead atoms. The number of ether oxygens (including phenoxy) is 1. The number of piperidine rings is 1. The van der Waals surface area contributed by atoms with Crippen LogP contribution in [0.4, 0.5) is 4.79 Å². The zero-order chi connectivity index (χ0) is 17.4. The van der Waals surface area contributed by atoms with Gasteiger partial charge in [0.2, 0.25) is 0 Å². The van der Waals surface area contributed by atoms with E-state index in [-0.39, 0.29) is 23.6 Å². The first kappa shape index (κ1) is 17.3. The molecule has 25 heavy (non-hydrogen) atoms. The molecular weight excluding hydrogens is 404 g/mol. The Hall–Kier alpha value is -1.08. The molecule has 0 atom stereocenters. The summed E-state index contributed by atoms with van der Waals surface area (Å²) in [7, 11) is 0. The minimum Gasteiger partial charge on any atom is -0.441 e. The molecule has 0 N–H and O–H groups in total. The van der Waals surface area contributed by atoms with Crippen LogP contribution in [0.15, 0.2) is 15.9 Å². The third-order valence-corrected chi connectivity index (χ3v) is 7.59. The predicted molar refractivity (Wildman–Crippen MR) is 99.9 cm³/mol. The molecule has 2 amide bonds.